The van der Waals surface area contributed by atoms with Crippen molar-refractivity contribution in [2.24, 2.45) is 0 Å². The molecule has 3 aromatic heterocycles. The quantitative estimate of drug-likeness (QED) is 0.205. The molecular weight excluding hydrogens is 569 g/mol. The van der Waals surface area contributed by atoms with Crippen LogP contribution in [-0.4, -0.2) is 19.1 Å². The van der Waals surface area contributed by atoms with Gasteiger partial charge in [0, 0.05) is 48.2 Å². The van der Waals surface area contributed by atoms with Gasteiger partial charge in [0.1, 0.15) is 5.65 Å². The number of para-hydroxylation sites is 4. The number of nitrogens with zero attached hydrogens (tertiary/aromatic N) is 4. The second kappa shape index (κ2) is 9.42. The molecular formula is C40H24N4S. The lowest BCUT2D eigenvalue weighted by Crippen LogP contribution is -2.05. The van der Waals surface area contributed by atoms with Crippen LogP contribution in [0.3, 0.4) is 0 Å². The van der Waals surface area contributed by atoms with Crippen molar-refractivity contribution in [1.29, 1.82) is 0 Å². The molecule has 0 bridgehead atoms. The van der Waals surface area contributed by atoms with Crippen molar-refractivity contribution in [1.82, 2.24) is 19.1 Å². The Morgan fingerprint density at radius 3 is 2.13 bits per heavy atom. The topological polar surface area (TPSA) is 35.6 Å². The van der Waals surface area contributed by atoms with Gasteiger partial charge in [-0.2, -0.15) is 0 Å². The summed E-state index contributed by atoms with van der Waals surface area (Å²) in [5.74, 6) is 0.720. The maximum absolute atomic E-state index is 5.20. The van der Waals surface area contributed by atoms with E-state index in [2.05, 4.69) is 143 Å². The van der Waals surface area contributed by atoms with Gasteiger partial charge in [-0.3, -0.25) is 9.13 Å². The first-order chi connectivity index (χ1) is 22.3. The third-order valence-corrected chi connectivity index (χ3v) is 10.0. The van der Waals surface area contributed by atoms with Crippen molar-refractivity contribution < 1.29 is 0 Å². The molecule has 0 N–H and O–H groups in total. The Morgan fingerprint density at radius 2 is 1.24 bits per heavy atom. The predicted molar refractivity (Wildman–Crippen MR) is 186 cm³/mol. The lowest BCUT2D eigenvalue weighted by molar-refractivity contribution is 1.03. The normalized spacial score (nSPS) is 12.4. The van der Waals surface area contributed by atoms with Crippen LogP contribution in [0, 0.1) is 0 Å². The van der Waals surface area contributed by atoms with Crippen LogP contribution in [0.1, 0.15) is 0 Å². The van der Waals surface area contributed by atoms with E-state index < -0.39 is 0 Å². The van der Waals surface area contributed by atoms with E-state index in [-0.39, 0.29) is 0 Å². The molecule has 0 radical (unpaired) electrons. The SMILES string of the molecule is c1ccc(-c2nc(-c3ccc4c5c6cccc7c6n(c5n(-c5ccccc5)c4c3)-c3ccccc3S7)nc3ccccc23)cc1. The third-order valence-electron chi connectivity index (χ3n) is 8.90. The minimum absolute atomic E-state index is 0.720. The number of hydrogen-bond acceptors (Lipinski definition) is 3. The highest BCUT2D eigenvalue weighted by Crippen LogP contribution is 2.49. The molecule has 0 aliphatic carbocycles. The molecule has 5 heteroatoms. The van der Waals surface area contributed by atoms with E-state index in [0.29, 0.717) is 0 Å². The van der Waals surface area contributed by atoms with E-state index in [0.717, 1.165) is 44.8 Å². The zero-order valence-corrected chi connectivity index (χ0v) is 24.9. The summed E-state index contributed by atoms with van der Waals surface area (Å²) < 4.78 is 4.89. The lowest BCUT2D eigenvalue weighted by atomic mass is 10.0. The maximum atomic E-state index is 5.20. The Hall–Kier alpha value is -5.65. The predicted octanol–water partition coefficient (Wildman–Crippen LogP) is 10.5. The summed E-state index contributed by atoms with van der Waals surface area (Å²) in [6.45, 7) is 0. The van der Waals surface area contributed by atoms with Crippen molar-refractivity contribution in [3.63, 3.8) is 0 Å². The van der Waals surface area contributed by atoms with E-state index in [4.69, 9.17) is 9.97 Å². The zero-order valence-electron chi connectivity index (χ0n) is 24.1. The summed E-state index contributed by atoms with van der Waals surface area (Å²) in [5.41, 5.74) is 9.87. The van der Waals surface area contributed by atoms with Crippen LogP contribution in [0.15, 0.2) is 155 Å². The van der Waals surface area contributed by atoms with Gasteiger partial charge in [-0.25, -0.2) is 9.97 Å². The largest absolute Gasteiger partial charge is 0.295 e. The number of hydrogen-bond donors (Lipinski definition) is 0. The summed E-state index contributed by atoms with van der Waals surface area (Å²) in [7, 11) is 0. The molecule has 6 aromatic carbocycles. The minimum atomic E-state index is 0.720. The summed E-state index contributed by atoms with van der Waals surface area (Å²) in [5, 5.41) is 4.80. The van der Waals surface area contributed by atoms with Crippen molar-refractivity contribution in [2.45, 2.75) is 9.79 Å². The monoisotopic (exact) mass is 592 g/mol. The van der Waals surface area contributed by atoms with Crippen molar-refractivity contribution in [3.8, 4) is 34.0 Å². The van der Waals surface area contributed by atoms with Crippen LogP contribution in [0.4, 0.5) is 0 Å². The fraction of sp³-hybridized carbons (Fsp3) is 0. The summed E-state index contributed by atoms with van der Waals surface area (Å²) in [4.78, 5) is 12.8. The van der Waals surface area contributed by atoms with Crippen molar-refractivity contribution >= 4 is 55.5 Å². The molecule has 0 saturated carbocycles. The summed E-state index contributed by atoms with van der Waals surface area (Å²) in [6.07, 6.45) is 0. The van der Waals surface area contributed by atoms with Gasteiger partial charge in [-0.15, -0.1) is 0 Å². The first-order valence-electron chi connectivity index (χ1n) is 15.1. The molecule has 0 unspecified atom stereocenters. The molecule has 1 aliphatic heterocycles. The van der Waals surface area contributed by atoms with Gasteiger partial charge in [0.2, 0.25) is 0 Å². The van der Waals surface area contributed by atoms with E-state index in [1.807, 2.05) is 23.9 Å². The average Bonchev–Trinajstić information content (AvgIpc) is 3.62. The van der Waals surface area contributed by atoms with Crippen LogP contribution in [0.25, 0.3) is 77.8 Å². The molecule has 0 saturated heterocycles. The molecule has 210 valence electrons. The van der Waals surface area contributed by atoms with Crippen LogP contribution in [-0.2, 0) is 0 Å². The molecule has 4 heterocycles. The molecule has 10 rings (SSSR count). The number of fused-ring (bicyclic) bond motifs is 8. The molecule has 0 atom stereocenters. The lowest BCUT2D eigenvalue weighted by Gasteiger charge is -2.21. The average molecular weight is 593 g/mol. The van der Waals surface area contributed by atoms with E-state index in [9.17, 15) is 0 Å². The van der Waals surface area contributed by atoms with Gasteiger partial charge in [-0.05, 0) is 42.5 Å². The zero-order chi connectivity index (χ0) is 29.5. The molecule has 1 aliphatic rings. The van der Waals surface area contributed by atoms with Gasteiger partial charge in [0.15, 0.2) is 5.82 Å². The standard InChI is InChI=1S/C40H24N4S/c1-3-12-25(13-4-1)37-28-16-7-8-18-31(28)41-39(42-37)26-22-23-29-33(24-26)43(27-14-5-2-6-15-27)40-36(29)30-17-11-21-35-38(30)44(40)32-19-9-10-20-34(32)45-35/h1-24H. The number of aromatic nitrogens is 4. The fourth-order valence-electron chi connectivity index (χ4n) is 6.98. The van der Waals surface area contributed by atoms with Crippen molar-refractivity contribution in [2.75, 3.05) is 0 Å². The summed E-state index contributed by atoms with van der Waals surface area (Å²) in [6, 6.07) is 51.5. The van der Waals surface area contributed by atoms with Gasteiger partial charge in [-0.1, -0.05) is 115 Å². The van der Waals surface area contributed by atoms with Crippen LogP contribution in [0.5, 0.6) is 0 Å². The van der Waals surface area contributed by atoms with E-state index in [1.54, 1.807) is 0 Å². The molecule has 0 spiro atoms. The van der Waals surface area contributed by atoms with Gasteiger partial charge < -0.3 is 0 Å². The van der Waals surface area contributed by atoms with E-state index in [1.165, 1.54) is 42.8 Å². The number of benzene rings is 6. The highest BCUT2D eigenvalue weighted by molar-refractivity contribution is 7.99. The Morgan fingerprint density at radius 1 is 0.511 bits per heavy atom. The Labute approximate surface area is 263 Å². The van der Waals surface area contributed by atoms with Crippen LogP contribution < -0.4 is 0 Å². The van der Waals surface area contributed by atoms with Gasteiger partial charge >= 0.3 is 0 Å². The molecule has 9 aromatic rings. The fourth-order valence-corrected chi connectivity index (χ4v) is 8.07. The second-order valence-corrected chi connectivity index (χ2v) is 12.5. The van der Waals surface area contributed by atoms with E-state index >= 15 is 0 Å². The highest BCUT2D eigenvalue weighted by Gasteiger charge is 2.28. The van der Waals surface area contributed by atoms with Crippen LogP contribution in [0.2, 0.25) is 0 Å². The molecule has 0 amide bonds. The smallest absolute Gasteiger partial charge is 0.160 e. The molecule has 45 heavy (non-hydrogen) atoms. The molecule has 4 nitrogen and oxygen atoms in total. The summed E-state index contributed by atoms with van der Waals surface area (Å²) >= 11 is 1.85. The minimum Gasteiger partial charge on any atom is -0.295 e. The Bertz CT molecular complexity index is 2620. The first-order valence-corrected chi connectivity index (χ1v) is 15.9. The first kappa shape index (κ1) is 24.8. The molecule has 0 fully saturated rings. The highest BCUT2D eigenvalue weighted by atomic mass is 32.2. The Balaban J connectivity index is 1.32. The Kier molecular flexibility index (Phi) is 5.18. The second-order valence-electron chi connectivity index (χ2n) is 11.4. The van der Waals surface area contributed by atoms with Crippen molar-refractivity contribution in [3.05, 3.63) is 146 Å². The van der Waals surface area contributed by atoms with Gasteiger partial charge in [0.25, 0.3) is 0 Å². The third kappa shape index (κ3) is 3.56. The van der Waals surface area contributed by atoms with Gasteiger partial charge in [0.05, 0.1) is 27.9 Å². The number of rotatable bonds is 3. The van der Waals surface area contributed by atoms with Crippen LogP contribution >= 0.6 is 11.8 Å². The maximum Gasteiger partial charge on any atom is 0.160 e.